The number of alkyl halides is 3. The van der Waals surface area contributed by atoms with Gasteiger partial charge in [-0.2, -0.15) is 13.2 Å². The molecule has 1 heterocycles. The van der Waals surface area contributed by atoms with Crippen LogP contribution in [0, 0.1) is 13.8 Å². The van der Waals surface area contributed by atoms with Crippen molar-refractivity contribution in [2.45, 2.75) is 33.0 Å². The lowest BCUT2D eigenvalue weighted by atomic mass is 10.0. The first-order valence-corrected chi connectivity index (χ1v) is 9.19. The molecule has 0 spiro atoms. The molecular weight excluding hydrogens is 399 g/mol. The maximum atomic E-state index is 13.1. The number of hydrogen-bond acceptors (Lipinski definition) is 4. The Kier molecular flexibility index (Phi) is 5.87. The minimum Gasteiger partial charge on any atom is -0.484 e. The largest absolute Gasteiger partial charge is 0.484 e. The van der Waals surface area contributed by atoms with Crippen molar-refractivity contribution in [2.24, 2.45) is 0 Å². The van der Waals surface area contributed by atoms with Gasteiger partial charge in [-0.15, -0.1) is 0 Å². The number of carbonyl (C=O) groups is 1. The molecule has 0 aliphatic heterocycles. The van der Waals surface area contributed by atoms with Gasteiger partial charge in [-0.05, 0) is 49.6 Å². The number of halogens is 3. The highest BCUT2D eigenvalue weighted by Crippen LogP contribution is 2.34. The van der Waals surface area contributed by atoms with Crippen molar-refractivity contribution in [2.75, 3.05) is 6.61 Å². The molecule has 0 aliphatic rings. The molecule has 1 aromatic heterocycles. The zero-order chi connectivity index (χ0) is 22.1. The second kappa shape index (κ2) is 8.22. The minimum absolute atomic E-state index is 0.110. The van der Waals surface area contributed by atoms with E-state index in [2.05, 4.69) is 5.32 Å². The van der Waals surface area contributed by atoms with Crippen LogP contribution in [-0.4, -0.2) is 12.5 Å². The van der Waals surface area contributed by atoms with E-state index in [-0.39, 0.29) is 29.4 Å². The van der Waals surface area contributed by atoms with Crippen LogP contribution < -0.4 is 15.7 Å². The predicted molar refractivity (Wildman–Crippen MR) is 105 cm³/mol. The Bertz CT molecular complexity index is 1150. The van der Waals surface area contributed by atoms with Gasteiger partial charge in [0.25, 0.3) is 5.91 Å². The summed E-state index contributed by atoms with van der Waals surface area (Å²) in [5, 5.41) is 2.54. The van der Waals surface area contributed by atoms with Crippen molar-refractivity contribution in [1.29, 1.82) is 0 Å². The fourth-order valence-corrected chi connectivity index (χ4v) is 3.02. The van der Waals surface area contributed by atoms with E-state index in [0.29, 0.717) is 6.07 Å². The summed E-state index contributed by atoms with van der Waals surface area (Å²) in [6.45, 7) is 5.48. The van der Waals surface area contributed by atoms with Crippen LogP contribution in [0.5, 0.6) is 5.75 Å². The summed E-state index contributed by atoms with van der Waals surface area (Å²) in [6.07, 6.45) is -4.69. The van der Waals surface area contributed by atoms with Gasteiger partial charge in [0.15, 0.2) is 6.61 Å². The summed E-state index contributed by atoms with van der Waals surface area (Å²) in [5.74, 6) is -0.287. The molecule has 30 heavy (non-hydrogen) atoms. The summed E-state index contributed by atoms with van der Waals surface area (Å²) in [5.41, 5.74) is 0.736. The van der Waals surface area contributed by atoms with Gasteiger partial charge in [-0.1, -0.05) is 18.2 Å². The van der Waals surface area contributed by atoms with Gasteiger partial charge < -0.3 is 14.5 Å². The SMILES string of the molecule is Cc1ccc(C(C)NC(=O)COc2ccc3c(C(F)(F)F)cc(=O)oc3c2)cc1C. The number of hydrogen-bond donors (Lipinski definition) is 1. The number of fused-ring (bicyclic) bond motifs is 1. The van der Waals surface area contributed by atoms with Crippen molar-refractivity contribution in [1.82, 2.24) is 5.32 Å². The van der Waals surface area contributed by atoms with Crippen LogP contribution in [0.1, 0.15) is 35.2 Å². The third-order valence-corrected chi connectivity index (χ3v) is 4.80. The molecule has 3 rings (SSSR count). The number of aryl methyl sites for hydroxylation is 2. The Labute approximate surface area is 170 Å². The fraction of sp³-hybridized carbons (Fsp3) is 0.273. The highest BCUT2D eigenvalue weighted by atomic mass is 19.4. The van der Waals surface area contributed by atoms with Gasteiger partial charge in [-0.25, -0.2) is 4.79 Å². The lowest BCUT2D eigenvalue weighted by Crippen LogP contribution is -2.31. The van der Waals surface area contributed by atoms with E-state index in [9.17, 15) is 22.8 Å². The zero-order valence-corrected chi connectivity index (χ0v) is 16.6. The van der Waals surface area contributed by atoms with Gasteiger partial charge in [0.05, 0.1) is 11.6 Å². The molecule has 2 aromatic carbocycles. The highest BCUT2D eigenvalue weighted by molar-refractivity contribution is 5.82. The Morgan fingerprint density at radius 2 is 1.83 bits per heavy atom. The number of carbonyl (C=O) groups excluding carboxylic acids is 1. The lowest BCUT2D eigenvalue weighted by molar-refractivity contribution is -0.136. The van der Waals surface area contributed by atoms with Crippen LogP contribution >= 0.6 is 0 Å². The first-order chi connectivity index (χ1) is 14.0. The van der Waals surface area contributed by atoms with E-state index in [0.717, 1.165) is 28.8 Å². The number of amides is 1. The molecule has 0 saturated heterocycles. The van der Waals surface area contributed by atoms with Crippen LogP contribution in [0.4, 0.5) is 13.2 Å². The Morgan fingerprint density at radius 3 is 2.50 bits per heavy atom. The summed E-state index contributed by atoms with van der Waals surface area (Å²) in [6, 6.07) is 9.65. The average Bonchev–Trinajstić information content (AvgIpc) is 2.66. The molecule has 1 amide bonds. The van der Waals surface area contributed by atoms with E-state index in [1.165, 1.54) is 6.07 Å². The van der Waals surface area contributed by atoms with E-state index in [1.54, 1.807) is 0 Å². The number of rotatable bonds is 5. The second-order valence-electron chi connectivity index (χ2n) is 7.06. The van der Waals surface area contributed by atoms with Crippen LogP contribution in [0.25, 0.3) is 11.0 Å². The highest BCUT2D eigenvalue weighted by Gasteiger charge is 2.33. The lowest BCUT2D eigenvalue weighted by Gasteiger charge is -2.16. The summed E-state index contributed by atoms with van der Waals surface area (Å²) in [4.78, 5) is 23.7. The molecule has 1 unspecified atom stereocenters. The molecule has 0 aliphatic carbocycles. The third kappa shape index (κ3) is 4.82. The molecular formula is C22H20F3NO4. The van der Waals surface area contributed by atoms with Crippen LogP contribution in [0.3, 0.4) is 0 Å². The minimum atomic E-state index is -4.69. The Morgan fingerprint density at radius 1 is 1.10 bits per heavy atom. The number of ether oxygens (including phenoxy) is 1. The predicted octanol–water partition coefficient (Wildman–Crippen LogP) is 4.68. The molecule has 8 heteroatoms. The Balaban J connectivity index is 1.70. The molecule has 1 N–H and O–H groups in total. The van der Waals surface area contributed by atoms with Crippen molar-refractivity contribution >= 4 is 16.9 Å². The molecule has 158 valence electrons. The van der Waals surface area contributed by atoms with Gasteiger partial charge in [0.2, 0.25) is 0 Å². The molecule has 0 radical (unpaired) electrons. The molecule has 0 fully saturated rings. The van der Waals surface area contributed by atoms with Crippen LogP contribution in [-0.2, 0) is 11.0 Å². The van der Waals surface area contributed by atoms with Gasteiger partial charge in [-0.3, -0.25) is 4.79 Å². The molecule has 5 nitrogen and oxygen atoms in total. The van der Waals surface area contributed by atoms with Gasteiger partial charge in [0, 0.05) is 17.5 Å². The summed E-state index contributed by atoms with van der Waals surface area (Å²) >= 11 is 0. The monoisotopic (exact) mass is 419 g/mol. The van der Waals surface area contributed by atoms with Crippen molar-refractivity contribution in [3.63, 3.8) is 0 Å². The van der Waals surface area contributed by atoms with Gasteiger partial charge in [0.1, 0.15) is 11.3 Å². The van der Waals surface area contributed by atoms with Crippen molar-refractivity contribution < 1.29 is 27.1 Å². The van der Waals surface area contributed by atoms with E-state index < -0.39 is 23.3 Å². The first kappa shape index (κ1) is 21.4. The summed E-state index contributed by atoms with van der Waals surface area (Å²) in [7, 11) is 0. The normalized spacial score (nSPS) is 12.6. The van der Waals surface area contributed by atoms with Crippen molar-refractivity contribution in [3.8, 4) is 5.75 Å². The van der Waals surface area contributed by atoms with E-state index in [1.807, 2.05) is 39.0 Å². The standard InChI is InChI=1S/C22H20F3NO4/c1-12-4-5-15(8-13(12)2)14(3)26-20(27)11-29-16-6-7-17-18(22(23,24)25)10-21(28)30-19(17)9-16/h4-10,14H,11H2,1-3H3,(H,26,27). The summed E-state index contributed by atoms with van der Waals surface area (Å²) < 4.78 is 49.5. The molecule has 3 aromatic rings. The maximum absolute atomic E-state index is 13.1. The third-order valence-electron chi connectivity index (χ3n) is 4.80. The first-order valence-electron chi connectivity index (χ1n) is 9.19. The van der Waals surface area contributed by atoms with E-state index >= 15 is 0 Å². The van der Waals surface area contributed by atoms with Crippen molar-refractivity contribution in [3.05, 3.63) is 75.1 Å². The average molecular weight is 419 g/mol. The van der Waals surface area contributed by atoms with Gasteiger partial charge >= 0.3 is 11.8 Å². The molecule has 0 bridgehead atoms. The van der Waals surface area contributed by atoms with Crippen LogP contribution in [0.15, 0.2) is 51.7 Å². The topological polar surface area (TPSA) is 68.5 Å². The second-order valence-corrected chi connectivity index (χ2v) is 7.06. The zero-order valence-electron chi connectivity index (χ0n) is 16.6. The number of nitrogens with one attached hydrogen (secondary N) is 1. The number of benzene rings is 2. The van der Waals surface area contributed by atoms with Crippen LogP contribution in [0.2, 0.25) is 0 Å². The Hall–Kier alpha value is -3.29. The smallest absolute Gasteiger partial charge is 0.417 e. The quantitative estimate of drug-likeness (QED) is 0.610. The molecule has 1 atom stereocenters. The fourth-order valence-electron chi connectivity index (χ4n) is 3.02. The molecule has 0 saturated carbocycles. The maximum Gasteiger partial charge on any atom is 0.417 e. The van der Waals surface area contributed by atoms with E-state index in [4.69, 9.17) is 9.15 Å².